The predicted molar refractivity (Wildman–Crippen MR) is 57.3 cm³/mol. The summed E-state index contributed by atoms with van der Waals surface area (Å²) in [6.45, 7) is -0.408. The van der Waals surface area contributed by atoms with Crippen LogP contribution in [-0.2, 0) is 14.8 Å². The molecule has 0 saturated carbocycles. The van der Waals surface area contributed by atoms with Crippen molar-refractivity contribution in [2.45, 2.75) is 10.9 Å². The molecule has 0 saturated heterocycles. The van der Waals surface area contributed by atoms with Crippen LogP contribution in [0.3, 0.4) is 0 Å². The van der Waals surface area contributed by atoms with Crippen LogP contribution in [0.1, 0.15) is 0 Å². The molecular weight excluding hydrogens is 251 g/mol. The molecule has 1 aromatic rings. The second kappa shape index (κ2) is 6.01. The van der Waals surface area contributed by atoms with Crippen LogP contribution in [0.25, 0.3) is 0 Å². The van der Waals surface area contributed by atoms with E-state index in [0.29, 0.717) is 0 Å². The van der Waals surface area contributed by atoms with Gasteiger partial charge in [0.1, 0.15) is 10.7 Å². The van der Waals surface area contributed by atoms with Crippen molar-refractivity contribution in [2.75, 3.05) is 20.3 Å². The molecule has 0 aliphatic carbocycles. The van der Waals surface area contributed by atoms with Gasteiger partial charge in [0.25, 0.3) is 0 Å². The summed E-state index contributed by atoms with van der Waals surface area (Å²) in [6.07, 6.45) is 1.92. The minimum atomic E-state index is -3.91. The predicted octanol–water partition coefficient (Wildman–Crippen LogP) is -0.494. The number of nitrogens with one attached hydrogen (secondary N) is 1. The lowest BCUT2D eigenvalue weighted by molar-refractivity contribution is 0.139. The molecule has 2 N–H and O–H groups in total. The molecule has 0 aliphatic heterocycles. The number of aliphatic hydroxyl groups excluding tert-OH is 1. The number of halogens is 1. The highest BCUT2D eigenvalue weighted by atomic mass is 32.2. The highest BCUT2D eigenvalue weighted by Gasteiger charge is 2.20. The van der Waals surface area contributed by atoms with Crippen LogP contribution in [0, 0.1) is 5.82 Å². The molecule has 0 radical (unpaired) electrons. The zero-order valence-electron chi connectivity index (χ0n) is 9.13. The van der Waals surface area contributed by atoms with E-state index in [1.54, 1.807) is 0 Å². The number of hydrogen-bond acceptors (Lipinski definition) is 5. The number of aliphatic hydroxyl groups is 1. The standard InChI is InChI=1S/C9H13FN2O4S/c1-16-6-8(5-13)12-17(14,15)9-2-7(10)3-11-4-9/h2-4,8,12-13H,5-6H2,1H3. The Morgan fingerprint density at radius 2 is 2.29 bits per heavy atom. The Labute approximate surface area is 98.5 Å². The minimum absolute atomic E-state index is 0.0124. The van der Waals surface area contributed by atoms with Gasteiger partial charge in [-0.1, -0.05) is 0 Å². The monoisotopic (exact) mass is 264 g/mol. The van der Waals surface area contributed by atoms with E-state index in [4.69, 9.17) is 9.84 Å². The van der Waals surface area contributed by atoms with Crippen molar-refractivity contribution in [3.63, 3.8) is 0 Å². The average molecular weight is 264 g/mol. The van der Waals surface area contributed by atoms with Gasteiger partial charge in [0.05, 0.1) is 25.5 Å². The third-order valence-electron chi connectivity index (χ3n) is 1.90. The van der Waals surface area contributed by atoms with Crippen LogP contribution in [0.15, 0.2) is 23.4 Å². The van der Waals surface area contributed by atoms with Crippen LogP contribution in [0.4, 0.5) is 4.39 Å². The molecule has 0 aliphatic rings. The summed E-state index contributed by atoms with van der Waals surface area (Å²) in [5.74, 6) is -0.750. The Morgan fingerprint density at radius 1 is 1.59 bits per heavy atom. The van der Waals surface area contributed by atoms with Crippen molar-refractivity contribution in [3.8, 4) is 0 Å². The van der Waals surface area contributed by atoms with Gasteiger partial charge in [0.15, 0.2) is 0 Å². The van der Waals surface area contributed by atoms with Crippen molar-refractivity contribution in [1.29, 1.82) is 0 Å². The molecular formula is C9H13FN2O4S. The summed E-state index contributed by atoms with van der Waals surface area (Å²) in [5, 5.41) is 8.93. The molecule has 1 heterocycles. The summed E-state index contributed by atoms with van der Waals surface area (Å²) in [4.78, 5) is 3.14. The van der Waals surface area contributed by atoms with Gasteiger partial charge >= 0.3 is 0 Å². The Bertz CT molecular complexity index is 466. The van der Waals surface area contributed by atoms with Crippen molar-refractivity contribution in [1.82, 2.24) is 9.71 Å². The number of ether oxygens (including phenoxy) is 1. The maximum atomic E-state index is 12.8. The third-order valence-corrected chi connectivity index (χ3v) is 3.39. The molecule has 1 aromatic heterocycles. The quantitative estimate of drug-likeness (QED) is 0.723. The molecule has 1 atom stereocenters. The van der Waals surface area contributed by atoms with Gasteiger partial charge in [0, 0.05) is 13.3 Å². The first-order valence-corrected chi connectivity index (χ1v) is 6.20. The van der Waals surface area contributed by atoms with E-state index in [9.17, 15) is 12.8 Å². The van der Waals surface area contributed by atoms with E-state index in [2.05, 4.69) is 9.71 Å². The van der Waals surface area contributed by atoms with Gasteiger partial charge in [-0.05, 0) is 6.07 Å². The van der Waals surface area contributed by atoms with E-state index < -0.39 is 28.5 Å². The normalized spacial score (nSPS) is 13.6. The van der Waals surface area contributed by atoms with Gasteiger partial charge in [-0.15, -0.1) is 0 Å². The average Bonchev–Trinajstić information content (AvgIpc) is 2.28. The Morgan fingerprint density at radius 3 is 2.82 bits per heavy atom. The fourth-order valence-corrected chi connectivity index (χ4v) is 2.34. The number of sulfonamides is 1. The van der Waals surface area contributed by atoms with Crippen LogP contribution >= 0.6 is 0 Å². The number of methoxy groups -OCH3 is 1. The second-order valence-electron chi connectivity index (χ2n) is 3.29. The maximum Gasteiger partial charge on any atom is 0.242 e. The first-order chi connectivity index (χ1) is 7.99. The third kappa shape index (κ3) is 4.00. The van der Waals surface area contributed by atoms with Crippen LogP contribution < -0.4 is 4.72 Å². The first kappa shape index (κ1) is 14.0. The molecule has 8 heteroatoms. The second-order valence-corrected chi connectivity index (χ2v) is 5.01. The molecule has 96 valence electrons. The SMILES string of the molecule is COCC(CO)NS(=O)(=O)c1cncc(F)c1. The molecule has 1 rings (SSSR count). The highest BCUT2D eigenvalue weighted by Crippen LogP contribution is 2.09. The summed E-state index contributed by atoms with van der Waals surface area (Å²) in [5.41, 5.74) is 0. The Kier molecular flexibility index (Phi) is 4.94. The van der Waals surface area contributed by atoms with Crippen LogP contribution in [-0.4, -0.2) is 44.9 Å². The van der Waals surface area contributed by atoms with Gasteiger partial charge < -0.3 is 9.84 Å². The smallest absolute Gasteiger partial charge is 0.242 e. The number of nitrogens with zero attached hydrogens (tertiary/aromatic N) is 1. The van der Waals surface area contributed by atoms with E-state index in [1.165, 1.54) is 7.11 Å². The van der Waals surface area contributed by atoms with Crippen LogP contribution in [0.5, 0.6) is 0 Å². The molecule has 6 nitrogen and oxygen atoms in total. The summed E-state index contributed by atoms with van der Waals surface area (Å²) in [6, 6.07) is 0.0598. The maximum absolute atomic E-state index is 12.8. The number of pyridine rings is 1. The number of rotatable bonds is 6. The largest absolute Gasteiger partial charge is 0.395 e. The molecule has 1 unspecified atom stereocenters. The zero-order chi connectivity index (χ0) is 12.9. The zero-order valence-corrected chi connectivity index (χ0v) is 9.95. The highest BCUT2D eigenvalue weighted by molar-refractivity contribution is 7.89. The number of aromatic nitrogens is 1. The van der Waals surface area contributed by atoms with E-state index in [1.807, 2.05) is 0 Å². The van der Waals surface area contributed by atoms with Crippen molar-refractivity contribution in [3.05, 3.63) is 24.3 Å². The fraction of sp³-hybridized carbons (Fsp3) is 0.444. The van der Waals surface area contributed by atoms with Gasteiger partial charge in [0.2, 0.25) is 10.0 Å². The van der Waals surface area contributed by atoms with Gasteiger partial charge in [-0.3, -0.25) is 4.98 Å². The molecule has 17 heavy (non-hydrogen) atoms. The topological polar surface area (TPSA) is 88.5 Å². The molecule has 0 spiro atoms. The van der Waals surface area contributed by atoms with E-state index in [0.717, 1.165) is 18.5 Å². The molecule has 0 amide bonds. The lowest BCUT2D eigenvalue weighted by Crippen LogP contribution is -2.40. The lowest BCUT2D eigenvalue weighted by Gasteiger charge is -2.15. The van der Waals surface area contributed by atoms with Gasteiger partial charge in [-0.2, -0.15) is 0 Å². The van der Waals surface area contributed by atoms with E-state index >= 15 is 0 Å². The molecule has 0 fully saturated rings. The summed E-state index contributed by atoms with van der Waals surface area (Å²) >= 11 is 0. The summed E-state index contributed by atoms with van der Waals surface area (Å²) < 4.78 is 43.2. The van der Waals surface area contributed by atoms with Crippen LogP contribution in [0.2, 0.25) is 0 Å². The number of hydrogen-bond donors (Lipinski definition) is 2. The van der Waals surface area contributed by atoms with E-state index in [-0.39, 0.29) is 11.5 Å². The first-order valence-electron chi connectivity index (χ1n) is 4.72. The Hall–Kier alpha value is -1.09. The van der Waals surface area contributed by atoms with Crippen molar-refractivity contribution >= 4 is 10.0 Å². The minimum Gasteiger partial charge on any atom is -0.395 e. The summed E-state index contributed by atoms with van der Waals surface area (Å²) in [7, 11) is -2.53. The van der Waals surface area contributed by atoms with Gasteiger partial charge in [-0.25, -0.2) is 17.5 Å². The molecule has 0 aromatic carbocycles. The van der Waals surface area contributed by atoms with Crippen molar-refractivity contribution in [2.24, 2.45) is 0 Å². The Balaban J connectivity index is 2.88. The lowest BCUT2D eigenvalue weighted by atomic mass is 10.4. The van der Waals surface area contributed by atoms with Crippen molar-refractivity contribution < 1.29 is 22.7 Å². The fourth-order valence-electron chi connectivity index (χ4n) is 1.15. The molecule has 0 bridgehead atoms.